The maximum absolute atomic E-state index is 10.1. The smallest absolute Gasteiger partial charge is 0.128 e. The predicted molar refractivity (Wildman–Crippen MR) is 76.1 cm³/mol. The molecule has 1 N–H and O–H groups in total. The van der Waals surface area contributed by atoms with Crippen molar-refractivity contribution in [2.45, 2.75) is 46.1 Å². The number of benzene rings is 1. The molecule has 0 bridgehead atoms. The van der Waals surface area contributed by atoms with Crippen LogP contribution in [0.1, 0.15) is 51.7 Å². The zero-order valence-corrected chi connectivity index (χ0v) is 12.1. The highest BCUT2D eigenvalue weighted by atomic mass is 16.5. The zero-order chi connectivity index (χ0) is 13.9. The van der Waals surface area contributed by atoms with Crippen molar-refractivity contribution in [3.05, 3.63) is 23.3 Å². The first-order valence-corrected chi connectivity index (χ1v) is 6.20. The van der Waals surface area contributed by atoms with Gasteiger partial charge in [0.25, 0.3) is 0 Å². The van der Waals surface area contributed by atoms with Gasteiger partial charge in [-0.1, -0.05) is 13.8 Å². The first-order chi connectivity index (χ1) is 8.24. The summed E-state index contributed by atoms with van der Waals surface area (Å²) in [7, 11) is 1.60. The van der Waals surface area contributed by atoms with Gasteiger partial charge in [0.1, 0.15) is 11.5 Å². The van der Waals surface area contributed by atoms with Gasteiger partial charge in [-0.3, -0.25) is 4.99 Å². The SMILES string of the molecule is COc1cc(O)c(C=NC(C)(C)C)c(C(C)C)c1. The third kappa shape index (κ3) is 3.76. The van der Waals surface area contributed by atoms with Crippen LogP contribution in [-0.2, 0) is 0 Å². The van der Waals surface area contributed by atoms with Crippen molar-refractivity contribution in [2.75, 3.05) is 7.11 Å². The van der Waals surface area contributed by atoms with Crippen molar-refractivity contribution in [1.29, 1.82) is 0 Å². The van der Waals surface area contributed by atoms with E-state index in [-0.39, 0.29) is 11.3 Å². The molecule has 18 heavy (non-hydrogen) atoms. The lowest BCUT2D eigenvalue weighted by Gasteiger charge is -2.16. The molecule has 0 unspecified atom stereocenters. The second-order valence-corrected chi connectivity index (χ2v) is 5.73. The number of ether oxygens (including phenoxy) is 1. The maximum Gasteiger partial charge on any atom is 0.128 e. The van der Waals surface area contributed by atoms with Gasteiger partial charge in [0.05, 0.1) is 12.6 Å². The van der Waals surface area contributed by atoms with Gasteiger partial charge in [-0.05, 0) is 38.3 Å². The summed E-state index contributed by atoms with van der Waals surface area (Å²) in [6.07, 6.45) is 1.75. The quantitative estimate of drug-likeness (QED) is 0.829. The number of phenols is 1. The predicted octanol–water partition coefficient (Wildman–Crippen LogP) is 3.74. The van der Waals surface area contributed by atoms with E-state index in [9.17, 15) is 5.11 Å². The van der Waals surface area contributed by atoms with Crippen molar-refractivity contribution in [3.8, 4) is 11.5 Å². The molecular formula is C15H23NO2. The number of aliphatic imine (C=N–C) groups is 1. The van der Waals surface area contributed by atoms with Gasteiger partial charge in [-0.2, -0.15) is 0 Å². The average molecular weight is 249 g/mol. The summed E-state index contributed by atoms with van der Waals surface area (Å²) in [6, 6.07) is 3.57. The monoisotopic (exact) mass is 249 g/mol. The minimum absolute atomic E-state index is 0.152. The van der Waals surface area contributed by atoms with E-state index in [2.05, 4.69) is 18.8 Å². The van der Waals surface area contributed by atoms with E-state index in [0.717, 1.165) is 11.1 Å². The second-order valence-electron chi connectivity index (χ2n) is 5.73. The van der Waals surface area contributed by atoms with Gasteiger partial charge >= 0.3 is 0 Å². The summed E-state index contributed by atoms with van der Waals surface area (Å²) in [5, 5.41) is 10.1. The van der Waals surface area contributed by atoms with Gasteiger partial charge in [0.15, 0.2) is 0 Å². The lowest BCUT2D eigenvalue weighted by atomic mass is 9.96. The zero-order valence-electron chi connectivity index (χ0n) is 12.1. The molecule has 3 heteroatoms. The standard InChI is InChI=1S/C15H23NO2/c1-10(2)12-7-11(18-6)8-14(17)13(12)9-16-15(3,4)5/h7-10,17H,1-6H3. The van der Waals surface area contributed by atoms with Gasteiger partial charge in [0, 0.05) is 17.8 Å². The van der Waals surface area contributed by atoms with E-state index in [1.807, 2.05) is 26.8 Å². The molecule has 0 aliphatic carbocycles. The molecule has 1 rings (SSSR count). The molecule has 0 radical (unpaired) electrons. The molecule has 0 saturated heterocycles. The van der Waals surface area contributed by atoms with Crippen molar-refractivity contribution in [3.63, 3.8) is 0 Å². The molecule has 3 nitrogen and oxygen atoms in total. The molecule has 1 aromatic carbocycles. The lowest BCUT2D eigenvalue weighted by molar-refractivity contribution is 0.406. The minimum atomic E-state index is -0.152. The maximum atomic E-state index is 10.1. The Balaban J connectivity index is 3.29. The molecule has 100 valence electrons. The van der Waals surface area contributed by atoms with Crippen LogP contribution in [0.25, 0.3) is 0 Å². The molecular weight excluding hydrogens is 226 g/mol. The molecule has 0 amide bonds. The van der Waals surface area contributed by atoms with Crippen LogP contribution in [0.3, 0.4) is 0 Å². The van der Waals surface area contributed by atoms with Gasteiger partial charge < -0.3 is 9.84 Å². The van der Waals surface area contributed by atoms with Crippen molar-refractivity contribution in [2.24, 2.45) is 4.99 Å². The number of phenolic OH excluding ortho intramolecular Hbond substituents is 1. The van der Waals surface area contributed by atoms with E-state index in [1.165, 1.54) is 0 Å². The molecule has 1 aromatic rings. The number of methoxy groups -OCH3 is 1. The van der Waals surface area contributed by atoms with Crippen molar-refractivity contribution < 1.29 is 9.84 Å². The van der Waals surface area contributed by atoms with Gasteiger partial charge in [-0.15, -0.1) is 0 Å². The first-order valence-electron chi connectivity index (χ1n) is 6.20. The summed E-state index contributed by atoms with van der Waals surface area (Å²) in [5.74, 6) is 1.18. The van der Waals surface area contributed by atoms with Crippen molar-refractivity contribution in [1.82, 2.24) is 0 Å². The van der Waals surface area contributed by atoms with Crippen LogP contribution in [0.15, 0.2) is 17.1 Å². The normalized spacial score (nSPS) is 12.4. The minimum Gasteiger partial charge on any atom is -0.507 e. The Kier molecular flexibility index (Phi) is 4.38. The Labute approximate surface area is 110 Å². The summed E-state index contributed by atoms with van der Waals surface area (Å²) in [5.41, 5.74) is 1.67. The largest absolute Gasteiger partial charge is 0.507 e. The van der Waals surface area contributed by atoms with Crippen LogP contribution in [0.5, 0.6) is 11.5 Å². The molecule has 0 fully saturated rings. The fourth-order valence-corrected chi connectivity index (χ4v) is 1.63. The fraction of sp³-hybridized carbons (Fsp3) is 0.533. The number of rotatable bonds is 3. The fourth-order valence-electron chi connectivity index (χ4n) is 1.63. The summed E-state index contributed by atoms with van der Waals surface area (Å²) in [4.78, 5) is 4.46. The number of aromatic hydroxyl groups is 1. The third-order valence-corrected chi connectivity index (χ3v) is 2.60. The van der Waals surface area contributed by atoms with Crippen LogP contribution in [0, 0.1) is 0 Å². The average Bonchev–Trinajstić information content (AvgIpc) is 2.24. The Morgan fingerprint density at radius 3 is 2.33 bits per heavy atom. The summed E-state index contributed by atoms with van der Waals surface area (Å²) < 4.78 is 5.18. The number of nitrogens with zero attached hydrogens (tertiary/aromatic N) is 1. The van der Waals surface area contributed by atoms with Crippen LogP contribution in [0.4, 0.5) is 0 Å². The molecule has 0 aliphatic heterocycles. The Morgan fingerprint density at radius 2 is 1.89 bits per heavy atom. The number of hydrogen-bond acceptors (Lipinski definition) is 3. The molecule has 0 aromatic heterocycles. The first kappa shape index (κ1) is 14.6. The van der Waals surface area contributed by atoms with Gasteiger partial charge in [0.2, 0.25) is 0 Å². The van der Waals surface area contributed by atoms with E-state index >= 15 is 0 Å². The van der Waals surface area contributed by atoms with E-state index in [4.69, 9.17) is 4.74 Å². The lowest BCUT2D eigenvalue weighted by Crippen LogP contribution is -2.10. The summed E-state index contributed by atoms with van der Waals surface area (Å²) >= 11 is 0. The van der Waals surface area contributed by atoms with Crippen molar-refractivity contribution >= 4 is 6.21 Å². The molecule has 0 saturated carbocycles. The van der Waals surface area contributed by atoms with Crippen LogP contribution in [0.2, 0.25) is 0 Å². The Morgan fingerprint density at radius 1 is 1.28 bits per heavy atom. The van der Waals surface area contributed by atoms with Crippen LogP contribution in [-0.4, -0.2) is 24.0 Å². The summed E-state index contributed by atoms with van der Waals surface area (Å²) in [6.45, 7) is 10.3. The van der Waals surface area contributed by atoms with E-state index in [0.29, 0.717) is 11.7 Å². The van der Waals surface area contributed by atoms with Crippen LogP contribution >= 0.6 is 0 Å². The van der Waals surface area contributed by atoms with Gasteiger partial charge in [-0.25, -0.2) is 0 Å². The highest BCUT2D eigenvalue weighted by Crippen LogP contribution is 2.31. The second kappa shape index (κ2) is 5.42. The highest BCUT2D eigenvalue weighted by molar-refractivity contribution is 5.86. The van der Waals surface area contributed by atoms with E-state index in [1.54, 1.807) is 19.4 Å². The highest BCUT2D eigenvalue weighted by Gasteiger charge is 2.13. The van der Waals surface area contributed by atoms with E-state index < -0.39 is 0 Å². The Hall–Kier alpha value is -1.51. The van der Waals surface area contributed by atoms with Crippen LogP contribution < -0.4 is 4.74 Å². The number of hydrogen-bond donors (Lipinski definition) is 1. The molecule has 0 heterocycles. The molecule has 0 aliphatic rings. The molecule has 0 spiro atoms. The molecule has 0 atom stereocenters. The Bertz CT molecular complexity index is 443. The topological polar surface area (TPSA) is 41.8 Å². The third-order valence-electron chi connectivity index (χ3n) is 2.60.